The van der Waals surface area contributed by atoms with Crippen molar-refractivity contribution >= 4 is 48.1 Å². The van der Waals surface area contributed by atoms with Gasteiger partial charge in [0.1, 0.15) is 5.75 Å². The molecule has 0 atom stereocenters. The van der Waals surface area contributed by atoms with Crippen molar-refractivity contribution in [3.05, 3.63) is 101 Å². The third kappa shape index (κ3) is 8.82. The van der Waals surface area contributed by atoms with Crippen LogP contribution < -0.4 is 10.3 Å². The van der Waals surface area contributed by atoms with Gasteiger partial charge >= 0.3 is 0 Å². The van der Waals surface area contributed by atoms with Gasteiger partial charge in [-0.05, 0) is 73.0 Å². The molecule has 0 aliphatic carbocycles. The summed E-state index contributed by atoms with van der Waals surface area (Å²) >= 11 is 0. The second-order valence-corrected chi connectivity index (χ2v) is 7.93. The third-order valence-corrected chi connectivity index (χ3v) is 5.52. The highest BCUT2D eigenvalue weighted by Crippen LogP contribution is 2.19. The first-order chi connectivity index (χ1) is 15.7. The molecule has 9 heteroatoms. The summed E-state index contributed by atoms with van der Waals surface area (Å²) in [4.78, 5) is 22.6. The minimum Gasteiger partial charge on any atom is -0.494 e. The summed E-state index contributed by atoms with van der Waals surface area (Å²) in [6.45, 7) is 3.37. The van der Waals surface area contributed by atoms with E-state index in [4.69, 9.17) is 4.74 Å². The van der Waals surface area contributed by atoms with Crippen LogP contribution >= 0.6 is 37.2 Å². The highest BCUT2D eigenvalue weighted by atomic mass is 35.5. The van der Waals surface area contributed by atoms with Gasteiger partial charge in [-0.1, -0.05) is 6.07 Å². The predicted molar refractivity (Wildman–Crippen MR) is 148 cm³/mol. The molecule has 0 amide bonds. The van der Waals surface area contributed by atoms with E-state index in [2.05, 4.69) is 33.1 Å². The maximum Gasteiger partial charge on any atom is 0.250 e. The SMILES string of the molecule is Cl.Cl.Cl.Cn1c(=O)ccc2cc(OCCCCN(Cc3ccncc3)Cc3cccnc3)ccc21. The van der Waals surface area contributed by atoms with Crippen LogP contribution in [0.3, 0.4) is 0 Å². The fraction of sp³-hybridized carbons (Fsp3) is 0.269. The lowest BCUT2D eigenvalue weighted by Gasteiger charge is -2.22. The van der Waals surface area contributed by atoms with Crippen molar-refractivity contribution in [1.82, 2.24) is 19.4 Å². The molecule has 1 aromatic carbocycles. The minimum absolute atomic E-state index is 0. The highest BCUT2D eigenvalue weighted by molar-refractivity contribution is 5.86. The Balaban J connectivity index is 0.00000204. The Labute approximate surface area is 224 Å². The Hall–Kier alpha value is -2.64. The molecule has 0 N–H and O–H groups in total. The highest BCUT2D eigenvalue weighted by Gasteiger charge is 2.08. The molecule has 0 saturated heterocycles. The van der Waals surface area contributed by atoms with Crippen LogP contribution in [0.5, 0.6) is 5.75 Å². The maximum absolute atomic E-state index is 11.8. The van der Waals surface area contributed by atoms with Crippen molar-refractivity contribution in [3.63, 3.8) is 0 Å². The van der Waals surface area contributed by atoms with Crippen LogP contribution in [0, 0.1) is 0 Å². The zero-order valence-electron chi connectivity index (χ0n) is 19.6. The Morgan fingerprint density at radius 3 is 2.37 bits per heavy atom. The van der Waals surface area contributed by atoms with Gasteiger partial charge in [-0.3, -0.25) is 19.7 Å². The number of fused-ring (bicyclic) bond motifs is 1. The summed E-state index contributed by atoms with van der Waals surface area (Å²) < 4.78 is 7.63. The zero-order valence-corrected chi connectivity index (χ0v) is 22.0. The number of halogens is 3. The Morgan fingerprint density at radius 1 is 0.857 bits per heavy atom. The van der Waals surface area contributed by atoms with E-state index in [1.54, 1.807) is 23.9 Å². The van der Waals surface area contributed by atoms with Crippen molar-refractivity contribution in [2.45, 2.75) is 25.9 Å². The van der Waals surface area contributed by atoms with E-state index in [1.165, 1.54) is 11.1 Å². The molecular weight excluding hydrogens is 507 g/mol. The normalized spacial score (nSPS) is 10.2. The Morgan fingerprint density at radius 2 is 1.63 bits per heavy atom. The van der Waals surface area contributed by atoms with Crippen LogP contribution in [0.4, 0.5) is 0 Å². The number of rotatable bonds is 10. The van der Waals surface area contributed by atoms with E-state index in [0.717, 1.165) is 49.1 Å². The number of aromatic nitrogens is 3. The lowest BCUT2D eigenvalue weighted by atomic mass is 10.2. The summed E-state index contributed by atoms with van der Waals surface area (Å²) in [6.07, 6.45) is 9.41. The lowest BCUT2D eigenvalue weighted by molar-refractivity contribution is 0.236. The molecule has 0 spiro atoms. The van der Waals surface area contributed by atoms with E-state index in [9.17, 15) is 4.79 Å². The Bertz CT molecular complexity index is 1170. The summed E-state index contributed by atoms with van der Waals surface area (Å²) in [6, 6.07) is 17.5. The number of hydrogen-bond donors (Lipinski definition) is 0. The molecule has 0 aliphatic rings. The molecule has 0 fully saturated rings. The van der Waals surface area contributed by atoms with Crippen molar-refractivity contribution in [3.8, 4) is 5.75 Å². The zero-order chi connectivity index (χ0) is 22.2. The standard InChI is InChI=1S/C26H28N4O2.3ClH/c1-29-25-8-7-24(17-23(25)6-9-26(29)31)32-16-3-2-15-30(19-21-10-13-27-14-11-21)20-22-5-4-12-28-18-22;;;/h4-14,17-18H,2-3,15-16,19-20H2,1H3;3*1H. The molecule has 188 valence electrons. The van der Waals surface area contributed by atoms with Gasteiger partial charge in [0.05, 0.1) is 12.1 Å². The van der Waals surface area contributed by atoms with E-state index in [1.807, 2.05) is 48.9 Å². The maximum atomic E-state index is 11.8. The molecule has 35 heavy (non-hydrogen) atoms. The van der Waals surface area contributed by atoms with Gasteiger partial charge in [0.15, 0.2) is 0 Å². The summed E-state index contributed by atoms with van der Waals surface area (Å²) in [5.41, 5.74) is 3.37. The number of pyridine rings is 3. The molecule has 0 saturated carbocycles. The van der Waals surface area contributed by atoms with Gasteiger partial charge in [0.2, 0.25) is 0 Å². The first-order valence-corrected chi connectivity index (χ1v) is 10.9. The lowest BCUT2D eigenvalue weighted by Crippen LogP contribution is -2.24. The fourth-order valence-corrected chi connectivity index (χ4v) is 3.79. The monoisotopic (exact) mass is 536 g/mol. The smallest absolute Gasteiger partial charge is 0.250 e. The summed E-state index contributed by atoms with van der Waals surface area (Å²) in [7, 11) is 1.79. The van der Waals surface area contributed by atoms with Gasteiger partial charge in [0.25, 0.3) is 5.56 Å². The van der Waals surface area contributed by atoms with Crippen LogP contribution in [-0.2, 0) is 20.1 Å². The first-order valence-electron chi connectivity index (χ1n) is 10.9. The van der Waals surface area contributed by atoms with Gasteiger partial charge in [0, 0.05) is 56.4 Å². The summed E-state index contributed by atoms with van der Waals surface area (Å²) in [5.74, 6) is 0.833. The molecule has 0 aliphatic heterocycles. The number of hydrogen-bond acceptors (Lipinski definition) is 5. The van der Waals surface area contributed by atoms with Gasteiger partial charge in [-0.15, -0.1) is 37.2 Å². The van der Waals surface area contributed by atoms with Crippen LogP contribution in [0.25, 0.3) is 10.9 Å². The number of unbranched alkanes of at least 4 members (excludes halogenated alkanes) is 1. The summed E-state index contributed by atoms with van der Waals surface area (Å²) in [5, 5.41) is 1.00. The number of ether oxygens (including phenoxy) is 1. The second kappa shape index (κ2) is 15.4. The number of aryl methyl sites for hydroxylation is 1. The minimum atomic E-state index is -0.00577. The molecule has 3 aromatic heterocycles. The molecule has 0 bridgehead atoms. The molecule has 4 rings (SSSR count). The number of nitrogens with zero attached hydrogens (tertiary/aromatic N) is 4. The van der Waals surface area contributed by atoms with Crippen molar-refractivity contribution in [2.75, 3.05) is 13.2 Å². The number of benzene rings is 1. The van der Waals surface area contributed by atoms with Gasteiger partial charge in [-0.25, -0.2) is 0 Å². The van der Waals surface area contributed by atoms with Crippen LogP contribution in [0.2, 0.25) is 0 Å². The largest absolute Gasteiger partial charge is 0.494 e. The molecule has 0 unspecified atom stereocenters. The fourth-order valence-electron chi connectivity index (χ4n) is 3.79. The van der Waals surface area contributed by atoms with Crippen molar-refractivity contribution < 1.29 is 4.74 Å². The Kier molecular flexibility index (Phi) is 13.3. The average molecular weight is 538 g/mol. The van der Waals surface area contributed by atoms with Gasteiger partial charge in [-0.2, -0.15) is 0 Å². The van der Waals surface area contributed by atoms with Crippen LogP contribution in [0.15, 0.2) is 84.2 Å². The van der Waals surface area contributed by atoms with E-state index >= 15 is 0 Å². The quantitative estimate of drug-likeness (QED) is 0.252. The van der Waals surface area contributed by atoms with Crippen LogP contribution in [-0.4, -0.2) is 32.6 Å². The molecule has 4 aromatic rings. The second-order valence-electron chi connectivity index (χ2n) is 7.93. The average Bonchev–Trinajstić information content (AvgIpc) is 2.82. The topological polar surface area (TPSA) is 60.2 Å². The van der Waals surface area contributed by atoms with E-state index in [0.29, 0.717) is 6.61 Å². The predicted octanol–water partition coefficient (Wildman–Crippen LogP) is 5.46. The van der Waals surface area contributed by atoms with E-state index < -0.39 is 0 Å². The molecule has 3 heterocycles. The molecular formula is C26H31Cl3N4O2. The molecule has 0 radical (unpaired) electrons. The van der Waals surface area contributed by atoms with Crippen molar-refractivity contribution in [2.24, 2.45) is 7.05 Å². The van der Waals surface area contributed by atoms with Crippen molar-refractivity contribution in [1.29, 1.82) is 0 Å². The third-order valence-electron chi connectivity index (χ3n) is 5.52. The van der Waals surface area contributed by atoms with E-state index in [-0.39, 0.29) is 42.8 Å². The molecule has 6 nitrogen and oxygen atoms in total. The van der Waals surface area contributed by atoms with Crippen LogP contribution in [0.1, 0.15) is 24.0 Å². The van der Waals surface area contributed by atoms with Gasteiger partial charge < -0.3 is 9.30 Å². The first kappa shape index (κ1) is 30.4.